The maximum Gasteiger partial charge on any atom is 0.146 e. The van der Waals surface area contributed by atoms with E-state index in [1.165, 1.54) is 0 Å². The monoisotopic (exact) mass is 317 g/mol. The Morgan fingerprint density at radius 2 is 2.35 bits per heavy atom. The van der Waals surface area contributed by atoms with E-state index in [0.29, 0.717) is 10.6 Å². The van der Waals surface area contributed by atoms with Crippen LogP contribution in [0.3, 0.4) is 0 Å². The number of anilines is 1. The van der Waals surface area contributed by atoms with E-state index in [4.69, 9.17) is 0 Å². The van der Waals surface area contributed by atoms with Crippen LogP contribution in [0.4, 0.5) is 10.1 Å². The summed E-state index contributed by atoms with van der Waals surface area (Å²) >= 11 is 5.35. The van der Waals surface area contributed by atoms with Gasteiger partial charge in [-0.05, 0) is 24.1 Å². The molecule has 1 atom stereocenters. The van der Waals surface area contributed by atoms with Crippen molar-refractivity contribution in [2.75, 3.05) is 23.7 Å². The third kappa shape index (κ3) is 3.16. The Morgan fingerprint density at radius 1 is 1.53 bits per heavy atom. The SMILES string of the molecule is CCC1CN(c2ccc(CBr)cc2F)CCS1. The molecule has 1 aromatic carbocycles. The molecule has 0 aliphatic carbocycles. The molecule has 0 N–H and O–H groups in total. The fraction of sp³-hybridized carbons (Fsp3) is 0.538. The quantitative estimate of drug-likeness (QED) is 0.774. The average molecular weight is 318 g/mol. The van der Waals surface area contributed by atoms with Crippen LogP contribution in [0.15, 0.2) is 18.2 Å². The molecule has 1 nitrogen and oxygen atoms in total. The minimum atomic E-state index is -0.0938. The lowest BCUT2D eigenvalue weighted by atomic mass is 10.2. The van der Waals surface area contributed by atoms with Gasteiger partial charge in [0, 0.05) is 29.4 Å². The Balaban J connectivity index is 2.16. The molecule has 0 amide bonds. The Morgan fingerprint density at radius 3 is 3.00 bits per heavy atom. The number of rotatable bonds is 3. The molecule has 1 aliphatic heterocycles. The van der Waals surface area contributed by atoms with E-state index in [9.17, 15) is 4.39 Å². The van der Waals surface area contributed by atoms with Gasteiger partial charge in [-0.25, -0.2) is 4.39 Å². The summed E-state index contributed by atoms with van der Waals surface area (Å²) in [4.78, 5) is 2.18. The first kappa shape index (κ1) is 13.2. The third-order valence-corrected chi connectivity index (χ3v) is 5.12. The van der Waals surface area contributed by atoms with Crippen molar-refractivity contribution in [2.45, 2.75) is 23.9 Å². The van der Waals surface area contributed by atoms with E-state index in [1.54, 1.807) is 6.07 Å². The molecule has 1 unspecified atom stereocenters. The molecule has 0 bridgehead atoms. The molecule has 0 radical (unpaired) electrons. The molecular formula is C13H17BrFNS. The van der Waals surface area contributed by atoms with Crippen molar-refractivity contribution < 1.29 is 4.39 Å². The van der Waals surface area contributed by atoms with Gasteiger partial charge >= 0.3 is 0 Å². The van der Waals surface area contributed by atoms with Crippen molar-refractivity contribution in [3.8, 4) is 0 Å². The van der Waals surface area contributed by atoms with Crippen LogP contribution in [-0.4, -0.2) is 24.1 Å². The molecule has 1 saturated heterocycles. The van der Waals surface area contributed by atoms with Crippen LogP contribution < -0.4 is 4.90 Å². The van der Waals surface area contributed by atoms with Crippen LogP contribution in [-0.2, 0) is 5.33 Å². The van der Waals surface area contributed by atoms with Gasteiger partial charge < -0.3 is 4.90 Å². The normalized spacial score (nSPS) is 20.6. The summed E-state index contributed by atoms with van der Waals surface area (Å²) in [5.74, 6) is 1.00. The van der Waals surface area contributed by atoms with Crippen molar-refractivity contribution in [3.63, 3.8) is 0 Å². The predicted octanol–water partition coefficient (Wildman–Crippen LogP) is 4.05. The summed E-state index contributed by atoms with van der Waals surface area (Å²) in [7, 11) is 0. The summed E-state index contributed by atoms with van der Waals surface area (Å²) in [6.45, 7) is 4.11. The van der Waals surface area contributed by atoms with Gasteiger partial charge in [-0.1, -0.05) is 28.9 Å². The number of benzene rings is 1. The average Bonchev–Trinajstić information content (AvgIpc) is 2.38. The highest BCUT2D eigenvalue weighted by Gasteiger charge is 2.21. The smallest absolute Gasteiger partial charge is 0.146 e. The second kappa shape index (κ2) is 6.10. The molecule has 0 aromatic heterocycles. The molecule has 2 rings (SSSR count). The second-order valence-electron chi connectivity index (χ2n) is 4.27. The first-order valence-corrected chi connectivity index (χ1v) is 8.12. The molecule has 0 saturated carbocycles. The first-order valence-electron chi connectivity index (χ1n) is 5.95. The van der Waals surface area contributed by atoms with Crippen LogP contribution >= 0.6 is 27.7 Å². The number of alkyl halides is 1. The van der Waals surface area contributed by atoms with Gasteiger partial charge in [0.15, 0.2) is 0 Å². The maximum absolute atomic E-state index is 14.0. The van der Waals surface area contributed by atoms with Crippen molar-refractivity contribution in [2.24, 2.45) is 0 Å². The van der Waals surface area contributed by atoms with Gasteiger partial charge in [0.05, 0.1) is 5.69 Å². The molecule has 4 heteroatoms. The molecule has 0 spiro atoms. The van der Waals surface area contributed by atoms with Crippen LogP contribution in [0.25, 0.3) is 0 Å². The van der Waals surface area contributed by atoms with Gasteiger partial charge in [0.2, 0.25) is 0 Å². The number of thioether (sulfide) groups is 1. The maximum atomic E-state index is 14.0. The largest absolute Gasteiger partial charge is 0.367 e. The van der Waals surface area contributed by atoms with Gasteiger partial charge in [-0.2, -0.15) is 11.8 Å². The van der Waals surface area contributed by atoms with Gasteiger partial charge in [-0.3, -0.25) is 0 Å². The van der Waals surface area contributed by atoms with Gasteiger partial charge in [0.25, 0.3) is 0 Å². The summed E-state index contributed by atoms with van der Waals surface area (Å²) in [5, 5.41) is 1.34. The Hall–Kier alpha value is -0.220. The first-order chi connectivity index (χ1) is 8.24. The zero-order valence-corrected chi connectivity index (χ0v) is 12.4. The highest BCUT2D eigenvalue weighted by atomic mass is 79.9. The number of hydrogen-bond acceptors (Lipinski definition) is 2. The number of nitrogens with zero attached hydrogens (tertiary/aromatic N) is 1. The molecule has 17 heavy (non-hydrogen) atoms. The lowest BCUT2D eigenvalue weighted by Crippen LogP contribution is -2.38. The van der Waals surface area contributed by atoms with Crippen LogP contribution in [0.1, 0.15) is 18.9 Å². The summed E-state index contributed by atoms with van der Waals surface area (Å²) in [6, 6.07) is 5.54. The zero-order chi connectivity index (χ0) is 12.3. The van der Waals surface area contributed by atoms with Crippen molar-refractivity contribution in [1.82, 2.24) is 0 Å². The van der Waals surface area contributed by atoms with E-state index in [1.807, 2.05) is 23.9 Å². The lowest BCUT2D eigenvalue weighted by Gasteiger charge is -2.33. The van der Waals surface area contributed by atoms with Crippen molar-refractivity contribution in [3.05, 3.63) is 29.6 Å². The van der Waals surface area contributed by atoms with Crippen molar-refractivity contribution in [1.29, 1.82) is 0 Å². The molecule has 1 aliphatic rings. The predicted molar refractivity (Wildman–Crippen MR) is 77.8 cm³/mol. The van der Waals surface area contributed by atoms with Gasteiger partial charge in [0.1, 0.15) is 5.82 Å². The topological polar surface area (TPSA) is 3.24 Å². The minimum Gasteiger partial charge on any atom is -0.367 e. The Bertz CT molecular complexity index is 386. The molecule has 1 heterocycles. The second-order valence-corrected chi connectivity index (χ2v) is 6.24. The molecule has 1 fully saturated rings. The summed E-state index contributed by atoms with van der Waals surface area (Å²) in [6.07, 6.45) is 1.16. The van der Waals surface area contributed by atoms with E-state index in [-0.39, 0.29) is 5.82 Å². The molecule has 94 valence electrons. The Kier molecular flexibility index (Phi) is 4.74. The fourth-order valence-corrected chi connectivity index (χ4v) is 3.60. The van der Waals surface area contributed by atoms with E-state index in [2.05, 4.69) is 27.8 Å². The lowest BCUT2D eigenvalue weighted by molar-refractivity contribution is 0.612. The van der Waals surface area contributed by atoms with Crippen molar-refractivity contribution >= 4 is 33.4 Å². The number of hydrogen-bond donors (Lipinski definition) is 0. The summed E-state index contributed by atoms with van der Waals surface area (Å²) in [5.41, 5.74) is 1.75. The molecular weight excluding hydrogens is 301 g/mol. The molecule has 1 aromatic rings. The summed E-state index contributed by atoms with van der Waals surface area (Å²) < 4.78 is 14.0. The minimum absolute atomic E-state index is 0.0938. The van der Waals surface area contributed by atoms with E-state index >= 15 is 0 Å². The highest BCUT2D eigenvalue weighted by molar-refractivity contribution is 9.08. The van der Waals surface area contributed by atoms with E-state index in [0.717, 1.165) is 36.5 Å². The van der Waals surface area contributed by atoms with Gasteiger partial charge in [-0.15, -0.1) is 0 Å². The van der Waals surface area contributed by atoms with E-state index < -0.39 is 0 Å². The van der Waals surface area contributed by atoms with Crippen LogP contribution in [0.2, 0.25) is 0 Å². The fourth-order valence-electron chi connectivity index (χ4n) is 2.08. The highest BCUT2D eigenvalue weighted by Crippen LogP contribution is 2.28. The zero-order valence-electron chi connectivity index (χ0n) is 9.96. The number of halogens is 2. The Labute approximate surface area is 115 Å². The standard InChI is InChI=1S/C13H17BrFNS/c1-2-11-9-16(5-6-17-11)13-4-3-10(8-14)7-12(13)15/h3-4,7,11H,2,5-6,8-9H2,1H3. The van der Waals surface area contributed by atoms with Crippen LogP contribution in [0, 0.1) is 5.82 Å². The third-order valence-electron chi connectivity index (χ3n) is 3.10. The van der Waals surface area contributed by atoms with Crippen LogP contribution in [0.5, 0.6) is 0 Å².